The molecule has 1 aliphatic carbocycles. The highest BCUT2D eigenvalue weighted by Crippen LogP contribution is 2.27. The van der Waals surface area contributed by atoms with Crippen LogP contribution in [0.2, 0.25) is 5.15 Å². The summed E-state index contributed by atoms with van der Waals surface area (Å²) in [6.07, 6.45) is 3.58. The summed E-state index contributed by atoms with van der Waals surface area (Å²) in [7, 11) is 0. The Morgan fingerprint density at radius 3 is 2.71 bits per heavy atom. The second-order valence-electron chi connectivity index (χ2n) is 3.50. The number of nitrogens with zero attached hydrogens (tertiary/aromatic N) is 3. The molecular formula is C8H10ClN3O2. The number of hydrogen-bond donors (Lipinski definition) is 1. The fourth-order valence-corrected chi connectivity index (χ4v) is 1.65. The van der Waals surface area contributed by atoms with Gasteiger partial charge in [-0.05, 0) is 18.8 Å². The number of hydrogen-bond acceptors (Lipinski definition) is 3. The Hall–Kier alpha value is -1.10. The standard InChI is InChI=1S/C8H10ClN3O2/c9-7-6(8(13)14)10-12(11-7)4-5-2-1-3-5/h5H,1-4H2,(H,13,14). The molecule has 0 unspecified atom stereocenters. The Labute approximate surface area is 85.7 Å². The van der Waals surface area contributed by atoms with Gasteiger partial charge in [0.15, 0.2) is 5.15 Å². The minimum atomic E-state index is -1.13. The lowest BCUT2D eigenvalue weighted by atomic mass is 9.86. The number of rotatable bonds is 3. The Morgan fingerprint density at radius 2 is 2.29 bits per heavy atom. The van der Waals surface area contributed by atoms with Gasteiger partial charge in [0.1, 0.15) is 0 Å². The third-order valence-electron chi connectivity index (χ3n) is 2.46. The molecule has 1 heterocycles. The smallest absolute Gasteiger partial charge is 0.359 e. The normalized spacial score (nSPS) is 16.6. The first-order chi connectivity index (χ1) is 6.66. The van der Waals surface area contributed by atoms with Crippen LogP contribution in [-0.4, -0.2) is 26.1 Å². The molecule has 5 nitrogen and oxygen atoms in total. The molecule has 0 spiro atoms. The Kier molecular flexibility index (Phi) is 2.41. The van der Waals surface area contributed by atoms with E-state index >= 15 is 0 Å². The van der Waals surface area contributed by atoms with E-state index < -0.39 is 5.97 Å². The predicted octanol–water partition coefficient (Wildman–Crippen LogP) is 1.43. The number of halogens is 1. The molecule has 76 valence electrons. The molecule has 0 atom stereocenters. The van der Waals surface area contributed by atoms with Gasteiger partial charge in [0, 0.05) is 0 Å². The first kappa shape index (κ1) is 9.45. The van der Waals surface area contributed by atoms with E-state index in [4.69, 9.17) is 16.7 Å². The Bertz CT molecular complexity index is 359. The van der Waals surface area contributed by atoms with Crippen LogP contribution in [0, 0.1) is 5.92 Å². The van der Waals surface area contributed by atoms with Crippen molar-refractivity contribution < 1.29 is 9.90 Å². The first-order valence-electron chi connectivity index (χ1n) is 4.50. The van der Waals surface area contributed by atoms with Gasteiger partial charge >= 0.3 is 5.97 Å². The van der Waals surface area contributed by atoms with Crippen molar-refractivity contribution in [2.24, 2.45) is 5.92 Å². The molecule has 2 rings (SSSR count). The first-order valence-corrected chi connectivity index (χ1v) is 4.88. The third-order valence-corrected chi connectivity index (χ3v) is 2.72. The molecule has 0 aromatic carbocycles. The molecule has 0 aliphatic heterocycles. The lowest BCUT2D eigenvalue weighted by Gasteiger charge is -2.24. The minimum Gasteiger partial charge on any atom is -0.476 e. The van der Waals surface area contributed by atoms with Crippen molar-refractivity contribution in [1.82, 2.24) is 15.0 Å². The molecule has 1 N–H and O–H groups in total. The monoisotopic (exact) mass is 215 g/mol. The van der Waals surface area contributed by atoms with Crippen molar-refractivity contribution in [2.75, 3.05) is 0 Å². The molecule has 1 saturated carbocycles. The molecule has 0 bridgehead atoms. The summed E-state index contributed by atoms with van der Waals surface area (Å²) in [6, 6.07) is 0. The fraction of sp³-hybridized carbons (Fsp3) is 0.625. The van der Waals surface area contributed by atoms with Crippen LogP contribution in [0.15, 0.2) is 0 Å². The third kappa shape index (κ3) is 1.72. The average molecular weight is 216 g/mol. The highest BCUT2D eigenvalue weighted by atomic mass is 35.5. The zero-order chi connectivity index (χ0) is 10.1. The Balaban J connectivity index is 2.10. The van der Waals surface area contributed by atoms with E-state index in [0.717, 1.165) is 0 Å². The lowest BCUT2D eigenvalue weighted by molar-refractivity contribution is 0.0689. The maximum Gasteiger partial charge on any atom is 0.359 e. The van der Waals surface area contributed by atoms with E-state index in [1.54, 1.807) is 0 Å². The topological polar surface area (TPSA) is 68.0 Å². The van der Waals surface area contributed by atoms with Crippen molar-refractivity contribution in [2.45, 2.75) is 25.8 Å². The minimum absolute atomic E-state index is 0.0307. The SMILES string of the molecule is O=C(O)c1nn(CC2CCC2)nc1Cl. The molecule has 1 aromatic heterocycles. The second kappa shape index (κ2) is 3.57. The van der Waals surface area contributed by atoms with Gasteiger partial charge in [0.2, 0.25) is 5.69 Å². The van der Waals surface area contributed by atoms with E-state index in [2.05, 4.69) is 10.2 Å². The highest BCUT2D eigenvalue weighted by Gasteiger charge is 2.21. The van der Waals surface area contributed by atoms with Gasteiger partial charge in [0.05, 0.1) is 6.54 Å². The van der Waals surface area contributed by atoms with Crippen LogP contribution >= 0.6 is 11.6 Å². The van der Waals surface area contributed by atoms with E-state index in [-0.39, 0.29) is 10.8 Å². The molecule has 6 heteroatoms. The summed E-state index contributed by atoms with van der Waals surface area (Å²) in [6.45, 7) is 0.674. The Morgan fingerprint density at radius 1 is 1.57 bits per heavy atom. The lowest BCUT2D eigenvalue weighted by Crippen LogP contribution is -2.19. The zero-order valence-electron chi connectivity index (χ0n) is 7.48. The summed E-state index contributed by atoms with van der Waals surface area (Å²) in [5.41, 5.74) is -0.161. The quantitative estimate of drug-likeness (QED) is 0.828. The molecule has 1 aromatic rings. The molecule has 1 aliphatic rings. The van der Waals surface area contributed by atoms with Gasteiger partial charge in [-0.15, -0.1) is 10.2 Å². The van der Waals surface area contributed by atoms with Crippen LogP contribution in [0.1, 0.15) is 29.8 Å². The van der Waals surface area contributed by atoms with Crippen molar-refractivity contribution in [3.8, 4) is 0 Å². The van der Waals surface area contributed by atoms with Crippen molar-refractivity contribution in [3.63, 3.8) is 0 Å². The van der Waals surface area contributed by atoms with Crippen LogP contribution < -0.4 is 0 Å². The maximum absolute atomic E-state index is 10.6. The molecule has 1 fully saturated rings. The van der Waals surface area contributed by atoms with Gasteiger partial charge in [-0.25, -0.2) is 4.79 Å². The summed E-state index contributed by atoms with van der Waals surface area (Å²) in [4.78, 5) is 12.0. The van der Waals surface area contributed by atoms with Crippen molar-refractivity contribution in [3.05, 3.63) is 10.8 Å². The molecular weight excluding hydrogens is 206 g/mol. The van der Waals surface area contributed by atoms with E-state index in [1.165, 1.54) is 24.1 Å². The number of carbonyl (C=O) groups is 1. The predicted molar refractivity (Wildman–Crippen MR) is 49.3 cm³/mol. The molecule has 0 amide bonds. The van der Waals surface area contributed by atoms with Crippen molar-refractivity contribution in [1.29, 1.82) is 0 Å². The van der Waals surface area contributed by atoms with Gasteiger partial charge in [-0.2, -0.15) is 4.80 Å². The summed E-state index contributed by atoms with van der Waals surface area (Å²) < 4.78 is 0. The van der Waals surface area contributed by atoms with E-state index in [0.29, 0.717) is 12.5 Å². The van der Waals surface area contributed by atoms with Crippen LogP contribution in [0.4, 0.5) is 0 Å². The zero-order valence-corrected chi connectivity index (χ0v) is 8.24. The second-order valence-corrected chi connectivity index (χ2v) is 3.85. The largest absolute Gasteiger partial charge is 0.476 e. The number of aromatic carboxylic acids is 1. The fourth-order valence-electron chi connectivity index (χ4n) is 1.45. The van der Waals surface area contributed by atoms with Crippen LogP contribution in [0.3, 0.4) is 0 Å². The van der Waals surface area contributed by atoms with Gasteiger partial charge < -0.3 is 5.11 Å². The van der Waals surface area contributed by atoms with E-state index in [9.17, 15) is 4.79 Å². The van der Waals surface area contributed by atoms with Gasteiger partial charge in [-0.3, -0.25) is 0 Å². The average Bonchev–Trinajstić information content (AvgIpc) is 2.39. The van der Waals surface area contributed by atoms with E-state index in [1.807, 2.05) is 0 Å². The number of aromatic nitrogens is 3. The van der Waals surface area contributed by atoms with Crippen LogP contribution in [0.5, 0.6) is 0 Å². The molecule has 0 saturated heterocycles. The summed E-state index contributed by atoms with van der Waals surface area (Å²) in [5.74, 6) is -0.546. The molecule has 0 radical (unpaired) electrons. The summed E-state index contributed by atoms with van der Waals surface area (Å²) in [5, 5.41) is 16.3. The number of carboxylic acid groups (broad SMARTS) is 1. The van der Waals surface area contributed by atoms with Crippen molar-refractivity contribution >= 4 is 17.6 Å². The van der Waals surface area contributed by atoms with Gasteiger partial charge in [-0.1, -0.05) is 18.0 Å². The number of carboxylic acids is 1. The summed E-state index contributed by atoms with van der Waals surface area (Å²) >= 11 is 5.61. The van der Waals surface area contributed by atoms with Crippen LogP contribution in [-0.2, 0) is 6.54 Å². The maximum atomic E-state index is 10.6. The molecule has 14 heavy (non-hydrogen) atoms. The highest BCUT2D eigenvalue weighted by molar-refractivity contribution is 6.31. The van der Waals surface area contributed by atoms with Crippen LogP contribution in [0.25, 0.3) is 0 Å². The van der Waals surface area contributed by atoms with Gasteiger partial charge in [0.25, 0.3) is 0 Å².